The number of rotatable bonds is 8. The summed E-state index contributed by atoms with van der Waals surface area (Å²) in [5.74, 6) is 2.32. The molecule has 0 amide bonds. The largest absolute Gasteiger partial charge is 0.492 e. The molecule has 1 aromatic heterocycles. The third kappa shape index (κ3) is 4.35. The van der Waals surface area contributed by atoms with Crippen LogP contribution in [0.3, 0.4) is 0 Å². The number of nitrogens with one attached hydrogen (secondary N) is 1. The van der Waals surface area contributed by atoms with Gasteiger partial charge in [-0.25, -0.2) is 4.98 Å². The van der Waals surface area contributed by atoms with Crippen molar-refractivity contribution in [3.05, 3.63) is 36.5 Å². The average Bonchev–Trinajstić information content (AvgIpc) is 2.55. The van der Waals surface area contributed by atoms with E-state index in [0.29, 0.717) is 6.61 Å². The molecular weight excluding hydrogens is 276 g/mol. The Hall–Kier alpha value is -2.30. The fraction of sp³-hybridized carbons (Fsp3) is 0.412. The summed E-state index contributed by atoms with van der Waals surface area (Å²) in [4.78, 5) is 11.0. The molecule has 1 heterocycles. The minimum atomic E-state index is 0.632. The molecule has 0 aliphatic heterocycles. The first-order valence-corrected chi connectivity index (χ1v) is 7.77. The average molecular weight is 300 g/mol. The predicted octanol–water partition coefficient (Wildman–Crippen LogP) is 3.86. The van der Waals surface area contributed by atoms with Gasteiger partial charge < -0.3 is 15.0 Å². The van der Waals surface area contributed by atoms with Gasteiger partial charge in [-0.15, -0.1) is 0 Å². The van der Waals surface area contributed by atoms with Crippen molar-refractivity contribution in [3.63, 3.8) is 0 Å². The molecule has 5 heteroatoms. The molecule has 0 saturated carbocycles. The molecule has 0 radical (unpaired) electrons. The molecule has 2 rings (SSSR count). The molecule has 2 aromatic rings. The first-order valence-electron chi connectivity index (χ1n) is 7.77. The SMILES string of the molecule is CCCCN(C)c1nccc(Nc2ccccc2OCC)n1. The Morgan fingerprint density at radius 3 is 2.77 bits per heavy atom. The van der Waals surface area contributed by atoms with Gasteiger partial charge in [-0.2, -0.15) is 4.98 Å². The van der Waals surface area contributed by atoms with Crippen molar-refractivity contribution in [1.82, 2.24) is 9.97 Å². The van der Waals surface area contributed by atoms with E-state index >= 15 is 0 Å². The molecule has 0 aliphatic carbocycles. The van der Waals surface area contributed by atoms with Crippen molar-refractivity contribution in [2.24, 2.45) is 0 Å². The fourth-order valence-electron chi connectivity index (χ4n) is 2.09. The van der Waals surface area contributed by atoms with Crippen molar-refractivity contribution in [2.75, 3.05) is 30.4 Å². The van der Waals surface area contributed by atoms with Crippen molar-refractivity contribution < 1.29 is 4.74 Å². The molecule has 0 fully saturated rings. The zero-order valence-corrected chi connectivity index (χ0v) is 13.5. The normalized spacial score (nSPS) is 10.3. The van der Waals surface area contributed by atoms with E-state index in [4.69, 9.17) is 4.74 Å². The summed E-state index contributed by atoms with van der Waals surface area (Å²) in [6, 6.07) is 9.72. The van der Waals surface area contributed by atoms with Gasteiger partial charge in [-0.05, 0) is 31.5 Å². The Balaban J connectivity index is 2.13. The van der Waals surface area contributed by atoms with Crippen LogP contribution in [0.1, 0.15) is 26.7 Å². The van der Waals surface area contributed by atoms with Crippen LogP contribution in [0.15, 0.2) is 36.5 Å². The van der Waals surface area contributed by atoms with Crippen LogP contribution in [0.5, 0.6) is 5.75 Å². The van der Waals surface area contributed by atoms with Crippen molar-refractivity contribution in [3.8, 4) is 5.75 Å². The van der Waals surface area contributed by atoms with Gasteiger partial charge >= 0.3 is 0 Å². The van der Waals surface area contributed by atoms with Gasteiger partial charge in [0.15, 0.2) is 0 Å². The van der Waals surface area contributed by atoms with E-state index < -0.39 is 0 Å². The van der Waals surface area contributed by atoms with Gasteiger partial charge in [0, 0.05) is 19.8 Å². The Morgan fingerprint density at radius 2 is 2.00 bits per heavy atom. The number of ether oxygens (including phenoxy) is 1. The molecule has 22 heavy (non-hydrogen) atoms. The molecule has 0 unspecified atom stereocenters. The quantitative estimate of drug-likeness (QED) is 0.802. The molecule has 0 bridgehead atoms. The van der Waals surface area contributed by atoms with E-state index in [2.05, 4.69) is 27.1 Å². The van der Waals surface area contributed by atoms with Crippen molar-refractivity contribution >= 4 is 17.5 Å². The number of unbranched alkanes of at least 4 members (excludes halogenated alkanes) is 1. The molecule has 1 N–H and O–H groups in total. The summed E-state index contributed by atoms with van der Waals surface area (Å²) in [6.45, 7) is 5.74. The molecule has 5 nitrogen and oxygen atoms in total. The van der Waals surface area contributed by atoms with Crippen LogP contribution in [0, 0.1) is 0 Å². The summed E-state index contributed by atoms with van der Waals surface area (Å²) in [7, 11) is 2.02. The summed E-state index contributed by atoms with van der Waals surface area (Å²) in [5, 5.41) is 3.31. The van der Waals surface area contributed by atoms with E-state index in [1.807, 2.05) is 44.3 Å². The fourth-order valence-corrected chi connectivity index (χ4v) is 2.09. The smallest absolute Gasteiger partial charge is 0.227 e. The first-order chi connectivity index (χ1) is 10.7. The number of nitrogens with zero attached hydrogens (tertiary/aromatic N) is 3. The second-order valence-electron chi connectivity index (χ2n) is 5.07. The van der Waals surface area contributed by atoms with E-state index in [-0.39, 0.29) is 0 Å². The van der Waals surface area contributed by atoms with Crippen LogP contribution in [0.4, 0.5) is 17.5 Å². The summed E-state index contributed by atoms with van der Waals surface area (Å²) < 4.78 is 5.62. The van der Waals surface area contributed by atoms with E-state index in [1.165, 1.54) is 0 Å². The van der Waals surface area contributed by atoms with Crippen LogP contribution in [-0.2, 0) is 0 Å². The zero-order valence-electron chi connectivity index (χ0n) is 13.5. The minimum absolute atomic E-state index is 0.632. The van der Waals surface area contributed by atoms with Gasteiger partial charge in [0.2, 0.25) is 5.95 Å². The number of aromatic nitrogens is 2. The number of benzene rings is 1. The molecule has 0 atom stereocenters. The topological polar surface area (TPSA) is 50.3 Å². The van der Waals surface area contributed by atoms with Crippen LogP contribution in [0.2, 0.25) is 0 Å². The summed E-state index contributed by atoms with van der Waals surface area (Å²) in [5.41, 5.74) is 0.908. The molecular formula is C17H24N4O. The molecule has 0 aliphatic rings. The number of hydrogen-bond donors (Lipinski definition) is 1. The van der Waals surface area contributed by atoms with Gasteiger partial charge in [-0.3, -0.25) is 0 Å². The highest BCUT2D eigenvalue weighted by molar-refractivity contribution is 5.64. The van der Waals surface area contributed by atoms with Crippen molar-refractivity contribution in [1.29, 1.82) is 0 Å². The number of para-hydroxylation sites is 2. The molecule has 0 saturated heterocycles. The highest BCUT2D eigenvalue weighted by Crippen LogP contribution is 2.26. The van der Waals surface area contributed by atoms with Crippen molar-refractivity contribution in [2.45, 2.75) is 26.7 Å². The second kappa shape index (κ2) is 8.22. The predicted molar refractivity (Wildman–Crippen MR) is 91.1 cm³/mol. The lowest BCUT2D eigenvalue weighted by atomic mass is 10.3. The van der Waals surface area contributed by atoms with E-state index in [9.17, 15) is 0 Å². The summed E-state index contributed by atoms with van der Waals surface area (Å²) >= 11 is 0. The third-order valence-electron chi connectivity index (χ3n) is 3.28. The van der Waals surface area contributed by atoms with Gasteiger partial charge in [0.05, 0.1) is 12.3 Å². The highest BCUT2D eigenvalue weighted by atomic mass is 16.5. The molecule has 1 aromatic carbocycles. The van der Waals surface area contributed by atoms with Crippen LogP contribution < -0.4 is 15.0 Å². The lowest BCUT2D eigenvalue weighted by Crippen LogP contribution is -2.21. The lowest BCUT2D eigenvalue weighted by Gasteiger charge is -2.17. The van der Waals surface area contributed by atoms with E-state index in [0.717, 1.165) is 42.6 Å². The number of hydrogen-bond acceptors (Lipinski definition) is 5. The standard InChI is InChI=1S/C17H24N4O/c1-4-6-13-21(3)17-18-12-11-16(20-17)19-14-9-7-8-10-15(14)22-5-2/h7-12H,4-6,13H2,1-3H3,(H,18,19,20). The Bertz CT molecular complexity index is 588. The first kappa shape index (κ1) is 16.1. The summed E-state index contributed by atoms with van der Waals surface area (Å²) in [6.07, 6.45) is 4.06. The van der Waals surface area contributed by atoms with E-state index in [1.54, 1.807) is 6.20 Å². The monoisotopic (exact) mass is 300 g/mol. The Labute approximate surface area is 132 Å². The van der Waals surface area contributed by atoms with Crippen LogP contribution >= 0.6 is 0 Å². The van der Waals surface area contributed by atoms with Crippen LogP contribution in [0.25, 0.3) is 0 Å². The Kier molecular flexibility index (Phi) is 6.01. The van der Waals surface area contributed by atoms with Gasteiger partial charge in [0.1, 0.15) is 11.6 Å². The molecule has 0 spiro atoms. The Morgan fingerprint density at radius 1 is 1.18 bits per heavy atom. The molecule has 118 valence electrons. The van der Waals surface area contributed by atoms with Crippen LogP contribution in [-0.4, -0.2) is 30.2 Å². The second-order valence-corrected chi connectivity index (χ2v) is 5.07. The maximum atomic E-state index is 5.62. The third-order valence-corrected chi connectivity index (χ3v) is 3.28. The highest BCUT2D eigenvalue weighted by Gasteiger charge is 2.07. The minimum Gasteiger partial charge on any atom is -0.492 e. The zero-order chi connectivity index (χ0) is 15.8. The lowest BCUT2D eigenvalue weighted by molar-refractivity contribution is 0.342. The van der Waals surface area contributed by atoms with Gasteiger partial charge in [-0.1, -0.05) is 25.5 Å². The van der Waals surface area contributed by atoms with Gasteiger partial charge in [0.25, 0.3) is 0 Å². The number of anilines is 3. The maximum absolute atomic E-state index is 5.62. The maximum Gasteiger partial charge on any atom is 0.227 e.